The summed E-state index contributed by atoms with van der Waals surface area (Å²) in [5.74, 6) is -3.25. The van der Waals surface area contributed by atoms with Gasteiger partial charge in [-0.3, -0.25) is 35.2 Å². The predicted octanol–water partition coefficient (Wildman–Crippen LogP) is -0.272. The van der Waals surface area contributed by atoms with E-state index in [0.717, 1.165) is 0 Å². The minimum absolute atomic E-state index is 1.08. The van der Waals surface area contributed by atoms with Crippen molar-refractivity contribution in [3.8, 4) is 0 Å². The summed E-state index contributed by atoms with van der Waals surface area (Å²) in [6.45, 7) is 7.67. The number of carboxylic acid groups (broad SMARTS) is 3. The Labute approximate surface area is 88.8 Å². The number of carbonyl (C=O) groups is 3. The van der Waals surface area contributed by atoms with Crippen LogP contribution in [0, 0.1) is 25.0 Å². The maximum absolute atomic E-state index is 8.89. The quantitative estimate of drug-likeness (QED) is 0.395. The zero-order chi connectivity index (χ0) is 12.7. The molecule has 8 heteroatoms. The van der Waals surface area contributed by atoms with Crippen LogP contribution in [0.25, 0.3) is 0 Å². The standard InChI is InChI=1S/3C2H3O2.Mn.N/c3*1-2(3)4;;/h3*1H2,(H,3,4);;/q3*-1;;. The summed E-state index contributed by atoms with van der Waals surface area (Å²) < 4.78 is 6.81. The number of carboxylic acids is 3. The first-order valence-corrected chi connectivity index (χ1v) is 3.04. The minimum atomic E-state index is -1.08. The third kappa shape index (κ3) is 286. The fourth-order valence-electron chi connectivity index (χ4n) is 0. The van der Waals surface area contributed by atoms with E-state index in [2.05, 4.69) is 20.8 Å². The molecular weight excluding hydrogens is 237 g/mol. The van der Waals surface area contributed by atoms with Gasteiger partial charge in [-0.15, -0.1) is 0 Å². The molecule has 84 valence electrons. The molecule has 0 unspecified atom stereocenters. The van der Waals surface area contributed by atoms with Crippen LogP contribution in [0.3, 0.4) is 0 Å². The molecule has 0 amide bonds. The molecule has 0 heterocycles. The van der Waals surface area contributed by atoms with E-state index in [0.29, 0.717) is 0 Å². The number of rotatable bonds is 0. The molecule has 0 fully saturated rings. The first kappa shape index (κ1) is 22.8. The van der Waals surface area contributed by atoms with Crippen molar-refractivity contribution in [3.05, 3.63) is 20.8 Å². The average molecular weight is 246 g/mol. The van der Waals surface area contributed by atoms with Gasteiger partial charge in [-0.2, -0.15) is 0 Å². The van der Waals surface area contributed by atoms with Crippen LogP contribution in [-0.4, -0.2) is 33.2 Å². The molecule has 7 nitrogen and oxygen atoms in total. The second kappa shape index (κ2) is 22.5. The molecule has 0 aromatic rings. The fourth-order valence-corrected chi connectivity index (χ4v) is 0. The molecule has 14 heavy (non-hydrogen) atoms. The summed E-state index contributed by atoms with van der Waals surface area (Å²) >= 11 is 1.94. The van der Waals surface area contributed by atoms with Gasteiger partial charge in [-0.25, -0.2) is 0 Å². The predicted molar refractivity (Wildman–Crippen MR) is 40.7 cm³/mol. The van der Waals surface area contributed by atoms with Gasteiger partial charge in [-0.1, -0.05) is 0 Å². The van der Waals surface area contributed by atoms with E-state index >= 15 is 0 Å². The third-order valence-corrected chi connectivity index (χ3v) is 0. The van der Waals surface area contributed by atoms with Crippen molar-refractivity contribution < 1.29 is 45.3 Å². The Morgan fingerprint density at radius 3 is 0.786 bits per heavy atom. The number of nitrogens with zero attached hydrogens (tertiary/aromatic N) is 1. The van der Waals surface area contributed by atoms with Crippen LogP contribution in [0.4, 0.5) is 0 Å². The Kier molecular flexibility index (Phi) is 36.6. The zero-order valence-electron chi connectivity index (χ0n) is 7.01. The Hall–Kier alpha value is -1.75. The van der Waals surface area contributed by atoms with Gasteiger partial charge in [0.05, 0.1) is 0 Å². The van der Waals surface area contributed by atoms with Crippen LogP contribution in [0.1, 0.15) is 0 Å². The van der Waals surface area contributed by atoms with Crippen LogP contribution in [-0.2, 0) is 30.0 Å². The van der Waals surface area contributed by atoms with Crippen molar-refractivity contribution in [2.24, 2.45) is 0 Å². The van der Waals surface area contributed by atoms with Crippen molar-refractivity contribution in [3.63, 3.8) is 0 Å². The SMILES string of the molecule is [CH2-]C(=O)O.[CH2-]C(=O)O.[CH2-]C(=O)O.[N]#[Mn]. The van der Waals surface area contributed by atoms with E-state index in [4.69, 9.17) is 33.9 Å². The molecule has 0 aliphatic heterocycles. The summed E-state index contributed by atoms with van der Waals surface area (Å²) in [6, 6.07) is 0. The first-order valence-electron chi connectivity index (χ1n) is 2.51. The van der Waals surface area contributed by atoms with Gasteiger partial charge < -0.3 is 15.3 Å². The molecule has 0 saturated heterocycles. The van der Waals surface area contributed by atoms with E-state index < -0.39 is 17.9 Å². The molecule has 0 aromatic carbocycles. The molecule has 0 aliphatic carbocycles. The third-order valence-electron chi connectivity index (χ3n) is 0. The molecule has 0 atom stereocenters. The molecule has 0 radical (unpaired) electrons. The van der Waals surface area contributed by atoms with Crippen LogP contribution >= 0.6 is 0 Å². The van der Waals surface area contributed by atoms with Gasteiger partial charge >= 0.3 is 19.8 Å². The van der Waals surface area contributed by atoms with Crippen molar-refractivity contribution in [2.45, 2.75) is 0 Å². The number of hydrogen-bond acceptors (Lipinski definition) is 4. The summed E-state index contributed by atoms with van der Waals surface area (Å²) in [7, 11) is 0. The van der Waals surface area contributed by atoms with Crippen LogP contribution in [0.2, 0.25) is 0 Å². The van der Waals surface area contributed by atoms with Crippen LogP contribution in [0.5, 0.6) is 0 Å². The van der Waals surface area contributed by atoms with E-state index in [1.165, 1.54) is 0 Å². The molecule has 3 N–H and O–H groups in total. The van der Waals surface area contributed by atoms with Crippen molar-refractivity contribution in [1.82, 2.24) is 0 Å². The van der Waals surface area contributed by atoms with E-state index in [9.17, 15) is 0 Å². The number of aliphatic carboxylic acids is 3. The number of hydrogen-bond donors (Lipinski definition) is 3. The van der Waals surface area contributed by atoms with E-state index in [-0.39, 0.29) is 0 Å². The first-order chi connectivity index (χ1) is 6.20. The second-order valence-corrected chi connectivity index (χ2v) is 1.18. The summed E-state index contributed by atoms with van der Waals surface area (Å²) in [5.41, 5.74) is 0. The van der Waals surface area contributed by atoms with Crippen molar-refractivity contribution >= 4 is 17.9 Å². The molecular formula is C6H9MnNO6-3. The molecule has 0 spiro atoms. The Morgan fingerprint density at radius 1 is 0.786 bits per heavy atom. The van der Waals surface area contributed by atoms with Gasteiger partial charge in [0.2, 0.25) is 0 Å². The normalized spacial score (nSPS) is 5.36. The van der Waals surface area contributed by atoms with Gasteiger partial charge in [0.1, 0.15) is 0 Å². The summed E-state index contributed by atoms with van der Waals surface area (Å²) in [6.07, 6.45) is 0. The van der Waals surface area contributed by atoms with Crippen molar-refractivity contribution in [2.75, 3.05) is 0 Å². The molecule has 0 saturated carbocycles. The van der Waals surface area contributed by atoms with E-state index in [1.807, 2.05) is 15.6 Å². The second-order valence-electron chi connectivity index (χ2n) is 1.18. The molecule has 0 aliphatic rings. The average Bonchev–Trinajstić information content (AvgIpc) is 1.86. The fraction of sp³-hybridized carbons (Fsp3) is 0. The monoisotopic (exact) mass is 246 g/mol. The topological polar surface area (TPSA) is 136 Å². The Bertz CT molecular complexity index is 149. The maximum atomic E-state index is 8.89. The molecule has 0 rings (SSSR count). The van der Waals surface area contributed by atoms with Gasteiger partial charge in [0, 0.05) is 0 Å². The van der Waals surface area contributed by atoms with Crippen LogP contribution < -0.4 is 0 Å². The van der Waals surface area contributed by atoms with Gasteiger partial charge in [0.15, 0.2) is 17.9 Å². The Morgan fingerprint density at radius 2 is 0.786 bits per heavy atom. The summed E-state index contributed by atoms with van der Waals surface area (Å²) in [5, 5.41) is 21.9. The summed E-state index contributed by atoms with van der Waals surface area (Å²) in [4.78, 5) is 26.7. The van der Waals surface area contributed by atoms with Crippen molar-refractivity contribution in [1.29, 1.82) is 4.20 Å². The van der Waals surface area contributed by atoms with Gasteiger partial charge in [0.25, 0.3) is 0 Å². The zero-order valence-corrected chi connectivity index (χ0v) is 8.19. The molecule has 0 bridgehead atoms. The van der Waals surface area contributed by atoms with E-state index in [1.54, 1.807) is 0 Å². The Balaban J connectivity index is -0.0000000492. The van der Waals surface area contributed by atoms with Crippen LogP contribution in [0.15, 0.2) is 0 Å². The molecule has 0 aromatic heterocycles. The van der Waals surface area contributed by atoms with Gasteiger partial charge in [-0.05, 0) is 0 Å².